The zero-order valence-corrected chi connectivity index (χ0v) is 8.31. The van der Waals surface area contributed by atoms with E-state index in [0.717, 1.165) is 12.3 Å². The van der Waals surface area contributed by atoms with Crippen LogP contribution in [0.15, 0.2) is 0 Å². The molecule has 0 aromatic rings. The van der Waals surface area contributed by atoms with Gasteiger partial charge in [0.05, 0.1) is 0 Å². The molecule has 12 heavy (non-hydrogen) atoms. The van der Waals surface area contributed by atoms with Gasteiger partial charge in [0, 0.05) is 12.3 Å². The molecule has 0 aliphatic heterocycles. The molecule has 0 aromatic carbocycles. The molecule has 0 heterocycles. The molecule has 0 N–H and O–H groups in total. The summed E-state index contributed by atoms with van der Waals surface area (Å²) in [4.78, 5) is 11.2. The molecule has 1 heteroatoms. The van der Waals surface area contributed by atoms with E-state index in [1.807, 2.05) is 6.92 Å². The van der Waals surface area contributed by atoms with Crippen molar-refractivity contribution in [2.45, 2.75) is 52.4 Å². The van der Waals surface area contributed by atoms with Crippen LogP contribution in [0.5, 0.6) is 0 Å². The molecule has 1 aliphatic carbocycles. The smallest absolute Gasteiger partial charge is 0.135 e. The molecule has 1 rings (SSSR count). The normalized spacial score (nSPS) is 28.2. The van der Waals surface area contributed by atoms with Crippen LogP contribution >= 0.6 is 0 Å². The highest BCUT2D eigenvalue weighted by Crippen LogP contribution is 2.38. The molecular weight excluding hydrogens is 148 g/mol. The lowest BCUT2D eigenvalue weighted by molar-refractivity contribution is -0.126. The maximum Gasteiger partial charge on any atom is 0.135 e. The van der Waals surface area contributed by atoms with E-state index in [4.69, 9.17) is 0 Å². The van der Waals surface area contributed by atoms with Crippen molar-refractivity contribution in [1.82, 2.24) is 0 Å². The lowest BCUT2D eigenvalue weighted by Gasteiger charge is -2.34. The van der Waals surface area contributed by atoms with Gasteiger partial charge in [0.15, 0.2) is 0 Å². The first-order valence-corrected chi connectivity index (χ1v) is 5.30. The second-order valence-electron chi connectivity index (χ2n) is 4.00. The van der Waals surface area contributed by atoms with Gasteiger partial charge in [-0.1, -0.05) is 33.1 Å². The monoisotopic (exact) mass is 168 g/mol. The van der Waals surface area contributed by atoms with Crippen molar-refractivity contribution in [3.05, 3.63) is 0 Å². The van der Waals surface area contributed by atoms with Crippen LogP contribution in [0.2, 0.25) is 0 Å². The van der Waals surface area contributed by atoms with Crippen molar-refractivity contribution in [3.63, 3.8) is 0 Å². The minimum atomic E-state index is 0.442. The van der Waals surface area contributed by atoms with Crippen LogP contribution in [-0.2, 0) is 4.79 Å². The molecule has 0 unspecified atom stereocenters. The summed E-state index contributed by atoms with van der Waals surface area (Å²) in [6.45, 7) is 4.20. The highest BCUT2D eigenvalue weighted by atomic mass is 16.1. The number of hydrogen-bond donors (Lipinski definition) is 0. The number of Topliss-reactive ketones (excluding diaryl/α,β-unsaturated/α-hetero) is 1. The van der Waals surface area contributed by atoms with Crippen LogP contribution < -0.4 is 0 Å². The predicted octanol–water partition coefficient (Wildman–Crippen LogP) is 3.18. The minimum Gasteiger partial charge on any atom is -0.299 e. The fraction of sp³-hybridized carbons (Fsp3) is 0.909. The lowest BCUT2D eigenvalue weighted by Crippen LogP contribution is -2.29. The first-order chi connectivity index (χ1) is 5.77. The second-order valence-corrected chi connectivity index (χ2v) is 4.00. The lowest BCUT2D eigenvalue weighted by atomic mass is 9.70. The Balaban J connectivity index is 2.07. The molecule has 0 amide bonds. The van der Waals surface area contributed by atoms with E-state index < -0.39 is 0 Å². The van der Waals surface area contributed by atoms with E-state index in [0.29, 0.717) is 11.7 Å². The Morgan fingerprint density at radius 1 is 1.33 bits per heavy atom. The molecule has 1 fully saturated rings. The van der Waals surface area contributed by atoms with Crippen molar-refractivity contribution in [1.29, 1.82) is 0 Å². The number of rotatable bonds is 5. The van der Waals surface area contributed by atoms with Crippen LogP contribution in [0.3, 0.4) is 0 Å². The average molecular weight is 168 g/mol. The van der Waals surface area contributed by atoms with Gasteiger partial charge in [0.1, 0.15) is 5.78 Å². The summed E-state index contributed by atoms with van der Waals surface area (Å²) in [5, 5.41) is 0. The summed E-state index contributed by atoms with van der Waals surface area (Å²) < 4.78 is 0. The second kappa shape index (κ2) is 4.64. The fourth-order valence-corrected chi connectivity index (χ4v) is 2.02. The maximum atomic E-state index is 11.2. The molecule has 0 atom stereocenters. The molecule has 0 aromatic heterocycles. The van der Waals surface area contributed by atoms with E-state index >= 15 is 0 Å². The molecule has 0 spiro atoms. The maximum absolute atomic E-state index is 11.2. The fourth-order valence-electron chi connectivity index (χ4n) is 2.02. The zero-order chi connectivity index (χ0) is 8.97. The summed E-state index contributed by atoms with van der Waals surface area (Å²) in [6.07, 6.45) is 7.11. The van der Waals surface area contributed by atoms with Crippen molar-refractivity contribution in [3.8, 4) is 0 Å². The third-order valence-corrected chi connectivity index (χ3v) is 3.01. The summed E-state index contributed by atoms with van der Waals surface area (Å²) >= 11 is 0. The highest BCUT2D eigenvalue weighted by Gasteiger charge is 2.32. The molecule has 1 saturated carbocycles. The molecule has 1 aliphatic rings. The minimum absolute atomic E-state index is 0.442. The third kappa shape index (κ3) is 2.33. The molecular formula is C11H20O. The van der Waals surface area contributed by atoms with Crippen LogP contribution in [0.25, 0.3) is 0 Å². The summed E-state index contributed by atoms with van der Waals surface area (Å²) in [5.74, 6) is 1.81. The number of carbonyl (C=O) groups excluding carboxylic acids is 1. The number of ketones is 1. The Morgan fingerprint density at radius 3 is 2.50 bits per heavy atom. The van der Waals surface area contributed by atoms with Gasteiger partial charge in [0.2, 0.25) is 0 Å². The summed E-state index contributed by atoms with van der Waals surface area (Å²) in [6, 6.07) is 0. The standard InChI is InChI=1S/C11H20O/c1-3-5-6-9-7-10(8-9)11(12)4-2/h9-10H,3-8H2,1-2H3. The van der Waals surface area contributed by atoms with Gasteiger partial charge in [-0.15, -0.1) is 0 Å². The molecule has 0 saturated heterocycles. The number of carbonyl (C=O) groups is 1. The van der Waals surface area contributed by atoms with E-state index in [1.54, 1.807) is 0 Å². The predicted molar refractivity (Wildman–Crippen MR) is 51.0 cm³/mol. The molecule has 0 bridgehead atoms. The quantitative estimate of drug-likeness (QED) is 0.616. The van der Waals surface area contributed by atoms with Gasteiger partial charge in [-0.05, 0) is 18.8 Å². The van der Waals surface area contributed by atoms with Crippen molar-refractivity contribution in [2.75, 3.05) is 0 Å². The average Bonchev–Trinajstić information content (AvgIpc) is 2.01. The topological polar surface area (TPSA) is 17.1 Å². The van der Waals surface area contributed by atoms with Gasteiger partial charge in [-0.2, -0.15) is 0 Å². The largest absolute Gasteiger partial charge is 0.299 e. The molecule has 1 nitrogen and oxygen atoms in total. The van der Waals surface area contributed by atoms with E-state index in [2.05, 4.69) is 6.92 Å². The Morgan fingerprint density at radius 2 is 2.00 bits per heavy atom. The Bertz CT molecular complexity index is 145. The van der Waals surface area contributed by atoms with Crippen LogP contribution in [0.1, 0.15) is 52.4 Å². The molecule has 0 radical (unpaired) electrons. The van der Waals surface area contributed by atoms with Gasteiger partial charge >= 0.3 is 0 Å². The van der Waals surface area contributed by atoms with E-state index in [1.165, 1.54) is 32.1 Å². The Kier molecular flexibility index (Phi) is 3.77. The van der Waals surface area contributed by atoms with Crippen molar-refractivity contribution < 1.29 is 4.79 Å². The van der Waals surface area contributed by atoms with Gasteiger partial charge in [0.25, 0.3) is 0 Å². The first kappa shape index (κ1) is 9.76. The van der Waals surface area contributed by atoms with Crippen LogP contribution in [0.4, 0.5) is 0 Å². The van der Waals surface area contributed by atoms with Gasteiger partial charge < -0.3 is 0 Å². The van der Waals surface area contributed by atoms with Gasteiger partial charge in [-0.25, -0.2) is 0 Å². The summed E-state index contributed by atoms with van der Waals surface area (Å²) in [5.41, 5.74) is 0. The van der Waals surface area contributed by atoms with Crippen LogP contribution in [0, 0.1) is 11.8 Å². The van der Waals surface area contributed by atoms with Crippen LogP contribution in [-0.4, -0.2) is 5.78 Å². The van der Waals surface area contributed by atoms with E-state index in [-0.39, 0.29) is 0 Å². The zero-order valence-electron chi connectivity index (χ0n) is 8.31. The Hall–Kier alpha value is -0.330. The molecule has 70 valence electrons. The Labute approximate surface area is 75.5 Å². The number of unbranched alkanes of at least 4 members (excludes halogenated alkanes) is 1. The third-order valence-electron chi connectivity index (χ3n) is 3.01. The summed E-state index contributed by atoms with van der Waals surface area (Å²) in [7, 11) is 0. The first-order valence-electron chi connectivity index (χ1n) is 5.30. The van der Waals surface area contributed by atoms with E-state index in [9.17, 15) is 4.79 Å². The van der Waals surface area contributed by atoms with Crippen molar-refractivity contribution in [2.24, 2.45) is 11.8 Å². The van der Waals surface area contributed by atoms with Gasteiger partial charge in [-0.3, -0.25) is 4.79 Å². The van der Waals surface area contributed by atoms with Crippen molar-refractivity contribution >= 4 is 5.78 Å². The SMILES string of the molecule is CCCCC1CC(C(=O)CC)C1. The number of hydrogen-bond acceptors (Lipinski definition) is 1. The highest BCUT2D eigenvalue weighted by molar-refractivity contribution is 5.81.